The van der Waals surface area contributed by atoms with Crippen molar-refractivity contribution < 1.29 is 9.18 Å². The molecule has 0 aliphatic carbocycles. The van der Waals surface area contributed by atoms with Crippen LogP contribution in [0.15, 0.2) is 60.8 Å². The molecule has 0 bridgehead atoms. The first-order valence-corrected chi connectivity index (χ1v) is 9.82. The minimum Gasteiger partial charge on any atom is -0.342 e. The molecule has 1 aromatic heterocycles. The molecule has 28 heavy (non-hydrogen) atoms. The molecule has 0 spiro atoms. The Labute approximate surface area is 180 Å². The molecule has 0 aliphatic rings. The number of Topliss-reactive ketones (excluding diaryl/α,β-unsaturated/α-hetero) is 1. The van der Waals surface area contributed by atoms with Gasteiger partial charge in [-0.3, -0.25) is 4.79 Å². The van der Waals surface area contributed by atoms with Gasteiger partial charge in [-0.2, -0.15) is 0 Å². The van der Waals surface area contributed by atoms with Crippen molar-refractivity contribution in [3.63, 3.8) is 0 Å². The highest BCUT2D eigenvalue weighted by atomic mass is 35.6. The molecule has 0 saturated carbocycles. The maximum absolute atomic E-state index is 14.0. The van der Waals surface area contributed by atoms with E-state index < -0.39 is 15.4 Å². The summed E-state index contributed by atoms with van der Waals surface area (Å²) in [6, 6.07) is 16.8. The summed E-state index contributed by atoms with van der Waals surface area (Å²) in [6.45, 7) is 0.441. The van der Waals surface area contributed by atoms with Gasteiger partial charge in [-0.05, 0) is 34.5 Å². The predicted molar refractivity (Wildman–Crippen MR) is 115 cm³/mol. The summed E-state index contributed by atoms with van der Waals surface area (Å²) in [4.78, 5) is 12.6. The molecule has 1 heterocycles. The fourth-order valence-corrected chi connectivity index (χ4v) is 3.75. The van der Waals surface area contributed by atoms with Crippen LogP contribution in [0.5, 0.6) is 0 Å². The molecule has 0 radical (unpaired) electrons. The largest absolute Gasteiger partial charge is 0.342 e. The van der Waals surface area contributed by atoms with Gasteiger partial charge in [-0.15, -0.1) is 0 Å². The van der Waals surface area contributed by atoms with Crippen LogP contribution < -0.4 is 0 Å². The maximum atomic E-state index is 14.0. The van der Waals surface area contributed by atoms with Gasteiger partial charge in [0, 0.05) is 23.7 Å². The van der Waals surface area contributed by atoms with E-state index in [0.717, 1.165) is 16.3 Å². The Morgan fingerprint density at radius 1 is 1.00 bits per heavy atom. The van der Waals surface area contributed by atoms with E-state index in [4.69, 9.17) is 46.4 Å². The predicted octanol–water partition coefficient (Wildman–Crippen LogP) is 7.19. The van der Waals surface area contributed by atoms with Crippen molar-refractivity contribution in [3.05, 3.63) is 82.8 Å². The highest BCUT2D eigenvalue weighted by Gasteiger charge is 2.34. The fraction of sp³-hybridized carbons (Fsp3) is 0.0952. The van der Waals surface area contributed by atoms with E-state index in [0.29, 0.717) is 17.4 Å². The summed E-state index contributed by atoms with van der Waals surface area (Å²) < 4.78 is 13.7. The number of fused-ring (bicyclic) bond motifs is 2. The minimum atomic E-state index is -2.14. The summed E-state index contributed by atoms with van der Waals surface area (Å²) in [5, 5.41) is 2.52. The van der Waals surface area contributed by atoms with Gasteiger partial charge in [-0.25, -0.2) is 4.39 Å². The number of benzene rings is 3. The van der Waals surface area contributed by atoms with Crippen molar-refractivity contribution in [1.82, 2.24) is 4.57 Å². The van der Waals surface area contributed by atoms with E-state index in [2.05, 4.69) is 6.07 Å². The van der Waals surface area contributed by atoms with Crippen molar-refractivity contribution in [3.8, 4) is 0 Å². The van der Waals surface area contributed by atoms with Gasteiger partial charge in [-0.1, -0.05) is 82.8 Å². The number of carbonyl (C=O) groups excluding carboxylic acids is 1. The molecule has 7 heteroatoms. The van der Waals surface area contributed by atoms with Gasteiger partial charge in [0.1, 0.15) is 5.82 Å². The highest BCUT2D eigenvalue weighted by Crippen LogP contribution is 2.35. The van der Waals surface area contributed by atoms with Gasteiger partial charge >= 0.3 is 0 Å². The standard InChI is InChI=1S/C21H12Cl4FNO/c22-17-9-19-15(8-18(17)26)16(20(28)21(23,24)25)11-27(19)10-12-5-6-13-3-1-2-4-14(13)7-12/h1-9,11H,10H2. The van der Waals surface area contributed by atoms with Gasteiger partial charge in [0.2, 0.25) is 5.78 Å². The quantitative estimate of drug-likeness (QED) is 0.237. The molecule has 0 atom stereocenters. The first kappa shape index (κ1) is 19.5. The van der Waals surface area contributed by atoms with E-state index >= 15 is 0 Å². The molecule has 0 aliphatic heterocycles. The Balaban J connectivity index is 1.85. The third kappa shape index (κ3) is 3.60. The summed E-state index contributed by atoms with van der Waals surface area (Å²) >= 11 is 23.3. The van der Waals surface area contributed by atoms with Crippen molar-refractivity contribution in [2.45, 2.75) is 10.3 Å². The van der Waals surface area contributed by atoms with Crippen LogP contribution in [0.3, 0.4) is 0 Å². The molecule has 0 saturated heterocycles. The summed E-state index contributed by atoms with van der Waals surface area (Å²) in [7, 11) is 0. The SMILES string of the molecule is O=C(c1cn(Cc2ccc3ccccc3c2)c2cc(Cl)c(F)cc12)C(Cl)(Cl)Cl. The van der Waals surface area contributed by atoms with Gasteiger partial charge < -0.3 is 4.57 Å². The molecule has 3 aromatic carbocycles. The number of ketones is 1. The van der Waals surface area contributed by atoms with E-state index in [-0.39, 0.29) is 10.6 Å². The van der Waals surface area contributed by atoms with Gasteiger partial charge in [0.05, 0.1) is 10.5 Å². The number of hydrogen-bond acceptors (Lipinski definition) is 1. The molecular weight excluding hydrogens is 443 g/mol. The average molecular weight is 455 g/mol. The second-order valence-corrected chi connectivity index (χ2v) is 9.15. The van der Waals surface area contributed by atoms with Crippen molar-refractivity contribution >= 4 is 73.9 Å². The molecule has 4 rings (SSSR count). The number of alkyl halides is 3. The summed E-state index contributed by atoms with van der Waals surface area (Å²) in [5.74, 6) is -1.36. The molecular formula is C21H12Cl4FNO. The van der Waals surface area contributed by atoms with Crippen LogP contribution in [0.25, 0.3) is 21.7 Å². The Morgan fingerprint density at radius 2 is 1.71 bits per heavy atom. The number of halogens is 5. The van der Waals surface area contributed by atoms with Crippen LogP contribution >= 0.6 is 46.4 Å². The third-order valence-electron chi connectivity index (χ3n) is 4.59. The lowest BCUT2D eigenvalue weighted by Crippen LogP contribution is -2.18. The third-order valence-corrected chi connectivity index (χ3v) is 5.40. The van der Waals surface area contributed by atoms with E-state index in [1.807, 2.05) is 36.4 Å². The topological polar surface area (TPSA) is 22.0 Å². The second-order valence-electron chi connectivity index (χ2n) is 6.46. The summed E-state index contributed by atoms with van der Waals surface area (Å²) in [5.41, 5.74) is 1.72. The number of carbonyl (C=O) groups is 1. The monoisotopic (exact) mass is 453 g/mol. The number of hydrogen-bond donors (Lipinski definition) is 0. The van der Waals surface area contributed by atoms with Crippen LogP contribution in [-0.4, -0.2) is 14.1 Å². The minimum absolute atomic E-state index is 0.0433. The van der Waals surface area contributed by atoms with Crippen molar-refractivity contribution in [2.75, 3.05) is 0 Å². The van der Waals surface area contributed by atoms with Crippen LogP contribution in [-0.2, 0) is 6.54 Å². The molecule has 142 valence electrons. The summed E-state index contributed by atoms with van der Waals surface area (Å²) in [6.07, 6.45) is 1.57. The van der Waals surface area contributed by atoms with Crippen LogP contribution in [0.4, 0.5) is 4.39 Å². The lowest BCUT2D eigenvalue weighted by Gasteiger charge is -2.08. The Morgan fingerprint density at radius 3 is 2.43 bits per heavy atom. The zero-order valence-corrected chi connectivity index (χ0v) is 17.2. The molecule has 0 unspecified atom stereocenters. The fourth-order valence-electron chi connectivity index (χ4n) is 3.28. The normalized spacial score (nSPS) is 12.0. The second kappa shape index (κ2) is 7.23. The Bertz CT molecular complexity index is 1230. The Hall–Kier alpha value is -1.78. The van der Waals surface area contributed by atoms with Gasteiger partial charge in [0.25, 0.3) is 3.79 Å². The number of rotatable bonds is 3. The number of nitrogens with zero attached hydrogens (tertiary/aromatic N) is 1. The van der Waals surface area contributed by atoms with Crippen molar-refractivity contribution in [1.29, 1.82) is 0 Å². The van der Waals surface area contributed by atoms with Crippen LogP contribution in [0, 0.1) is 5.82 Å². The van der Waals surface area contributed by atoms with E-state index in [9.17, 15) is 9.18 Å². The highest BCUT2D eigenvalue weighted by molar-refractivity contribution is 6.77. The molecule has 0 N–H and O–H groups in total. The van der Waals surface area contributed by atoms with Crippen LogP contribution in [0.2, 0.25) is 5.02 Å². The molecule has 0 amide bonds. The maximum Gasteiger partial charge on any atom is 0.253 e. The van der Waals surface area contributed by atoms with Crippen molar-refractivity contribution in [2.24, 2.45) is 0 Å². The zero-order valence-electron chi connectivity index (χ0n) is 14.2. The molecule has 2 nitrogen and oxygen atoms in total. The lowest BCUT2D eigenvalue weighted by atomic mass is 10.1. The smallest absolute Gasteiger partial charge is 0.253 e. The number of aromatic nitrogens is 1. The first-order valence-electron chi connectivity index (χ1n) is 8.31. The van der Waals surface area contributed by atoms with Gasteiger partial charge in [0.15, 0.2) is 0 Å². The Kier molecular flexibility index (Phi) is 5.05. The molecule has 4 aromatic rings. The van der Waals surface area contributed by atoms with E-state index in [1.54, 1.807) is 10.8 Å². The van der Waals surface area contributed by atoms with Crippen LogP contribution in [0.1, 0.15) is 15.9 Å². The molecule has 0 fully saturated rings. The first-order chi connectivity index (χ1) is 13.2. The lowest BCUT2D eigenvalue weighted by molar-refractivity contribution is 0.0997. The average Bonchev–Trinajstić information content (AvgIpc) is 2.98. The zero-order chi connectivity index (χ0) is 20.1. The van der Waals surface area contributed by atoms with E-state index in [1.165, 1.54) is 12.1 Å².